The average Bonchev–Trinajstić information content (AvgIpc) is 2.71. The van der Waals surface area contributed by atoms with Gasteiger partial charge in [-0.3, -0.25) is 9.59 Å². The first-order valence-corrected chi connectivity index (χ1v) is 10.4. The summed E-state index contributed by atoms with van der Waals surface area (Å²) in [4.78, 5) is 23.4. The van der Waals surface area contributed by atoms with Crippen LogP contribution in [0.15, 0.2) is 0 Å². The summed E-state index contributed by atoms with van der Waals surface area (Å²) in [5.41, 5.74) is -0.212. The maximum absolute atomic E-state index is 11.9. The Labute approximate surface area is 166 Å². The van der Waals surface area contributed by atoms with Crippen LogP contribution in [0.5, 0.6) is 17.2 Å². The van der Waals surface area contributed by atoms with Gasteiger partial charge in [-0.2, -0.15) is 0 Å². The smallest absolute Gasteiger partial charge is 0.157 e. The normalized spacial score (nSPS) is 32.4. The molecule has 1 aromatic carbocycles. The minimum absolute atomic E-state index is 0.0159. The molecule has 2 fully saturated rings. The van der Waals surface area contributed by atoms with E-state index in [1.54, 1.807) is 0 Å². The molecule has 2 unspecified atom stereocenters. The molecule has 3 aliphatic rings. The molecule has 0 amide bonds. The molecule has 4 rings (SSSR count). The molecule has 28 heavy (non-hydrogen) atoms. The van der Waals surface area contributed by atoms with Crippen LogP contribution in [0.1, 0.15) is 92.0 Å². The fraction of sp³-hybridized carbons (Fsp3) is 0.652. The number of hydrogen-bond acceptors (Lipinski definition) is 5. The number of ether oxygens (including phenoxy) is 1. The molecule has 5 nitrogen and oxygen atoms in total. The van der Waals surface area contributed by atoms with Gasteiger partial charge >= 0.3 is 0 Å². The Kier molecular flexibility index (Phi) is 4.29. The molecular weight excluding hydrogens is 356 g/mol. The summed E-state index contributed by atoms with van der Waals surface area (Å²) < 4.78 is 6.60. The summed E-state index contributed by atoms with van der Waals surface area (Å²) in [7, 11) is 0. The number of benzene rings is 1. The lowest BCUT2D eigenvalue weighted by atomic mass is 9.62. The molecule has 4 atom stereocenters. The number of rotatable bonds is 4. The van der Waals surface area contributed by atoms with Crippen molar-refractivity contribution in [3.05, 3.63) is 16.7 Å². The van der Waals surface area contributed by atoms with E-state index in [-0.39, 0.29) is 34.0 Å². The van der Waals surface area contributed by atoms with Crippen LogP contribution in [0.2, 0.25) is 0 Å². The van der Waals surface area contributed by atoms with Crippen molar-refractivity contribution in [2.45, 2.75) is 71.3 Å². The second-order valence-electron chi connectivity index (χ2n) is 10.00. The summed E-state index contributed by atoms with van der Waals surface area (Å²) in [6.45, 7) is 8.77. The summed E-state index contributed by atoms with van der Waals surface area (Å²) in [6, 6.07) is 0. The first-order valence-electron chi connectivity index (χ1n) is 10.4. The van der Waals surface area contributed by atoms with Crippen LogP contribution < -0.4 is 4.74 Å². The van der Waals surface area contributed by atoms with E-state index < -0.39 is 11.4 Å². The Hall–Kier alpha value is -2.04. The highest BCUT2D eigenvalue weighted by Crippen LogP contribution is 2.68. The van der Waals surface area contributed by atoms with Crippen molar-refractivity contribution in [1.29, 1.82) is 0 Å². The van der Waals surface area contributed by atoms with Crippen molar-refractivity contribution in [3.8, 4) is 17.2 Å². The van der Waals surface area contributed by atoms with E-state index in [2.05, 4.69) is 27.7 Å². The zero-order valence-corrected chi connectivity index (χ0v) is 17.1. The van der Waals surface area contributed by atoms with Gasteiger partial charge in [-0.15, -0.1) is 0 Å². The third-order valence-electron chi connectivity index (χ3n) is 7.89. The van der Waals surface area contributed by atoms with Gasteiger partial charge in [0.15, 0.2) is 12.6 Å². The predicted octanol–water partition coefficient (Wildman–Crippen LogP) is 4.83. The van der Waals surface area contributed by atoms with E-state index in [4.69, 9.17) is 4.74 Å². The standard InChI is InChI=1S/C23H30O5/c1-12(2)7-14-9-23(8-13-5-6-17(13)22(23,3)4)28-21-16(11-25)19(26)15(10-24)20(27)18(14)21/h10-14,17,26-27H,5-9H2,1-4H3/t13?,14-,17?,23-/m1/s1. The van der Waals surface area contributed by atoms with Gasteiger partial charge in [0.25, 0.3) is 0 Å². The first kappa shape index (κ1) is 19.3. The fourth-order valence-electron chi connectivity index (χ4n) is 6.29. The van der Waals surface area contributed by atoms with Crippen LogP contribution in [0, 0.1) is 23.2 Å². The number of phenolic OH excluding ortho intramolecular Hbond substituents is 2. The largest absolute Gasteiger partial charge is 0.507 e. The van der Waals surface area contributed by atoms with Gasteiger partial charge in [0.2, 0.25) is 0 Å². The summed E-state index contributed by atoms with van der Waals surface area (Å²) >= 11 is 0. The van der Waals surface area contributed by atoms with E-state index in [0.29, 0.717) is 35.9 Å². The van der Waals surface area contributed by atoms with Gasteiger partial charge < -0.3 is 14.9 Å². The van der Waals surface area contributed by atoms with Gasteiger partial charge in [0.1, 0.15) is 22.8 Å². The molecule has 5 heteroatoms. The van der Waals surface area contributed by atoms with E-state index in [1.807, 2.05) is 0 Å². The Bertz CT molecular complexity index is 840. The van der Waals surface area contributed by atoms with Crippen molar-refractivity contribution in [2.24, 2.45) is 23.2 Å². The number of fused-ring (bicyclic) bond motifs is 2. The number of hydrogen-bond donors (Lipinski definition) is 2. The number of phenols is 2. The monoisotopic (exact) mass is 386 g/mol. The number of carbonyl (C=O) groups excluding carboxylic acids is 2. The van der Waals surface area contributed by atoms with Crippen LogP contribution in [0.3, 0.4) is 0 Å². The molecule has 152 valence electrons. The molecule has 1 heterocycles. The summed E-state index contributed by atoms with van der Waals surface area (Å²) in [5, 5.41) is 21.3. The minimum atomic E-state index is -0.486. The zero-order valence-electron chi connectivity index (χ0n) is 17.1. The topological polar surface area (TPSA) is 83.8 Å². The van der Waals surface area contributed by atoms with Gasteiger partial charge in [0, 0.05) is 11.0 Å². The summed E-state index contributed by atoms with van der Waals surface area (Å²) in [6.07, 6.45) is 5.88. The third-order valence-corrected chi connectivity index (χ3v) is 7.89. The Balaban J connectivity index is 1.94. The maximum Gasteiger partial charge on any atom is 0.157 e. The van der Waals surface area contributed by atoms with Crippen LogP contribution in [-0.2, 0) is 0 Å². The van der Waals surface area contributed by atoms with Crippen LogP contribution >= 0.6 is 0 Å². The van der Waals surface area contributed by atoms with Gasteiger partial charge in [-0.1, -0.05) is 27.7 Å². The SMILES string of the molecule is CC(C)C[C@@H]1C[C@@]2(CC3CCC3C2(C)C)Oc2c(C=O)c(O)c(C=O)c(O)c21. The van der Waals surface area contributed by atoms with Crippen molar-refractivity contribution in [1.82, 2.24) is 0 Å². The lowest BCUT2D eigenvalue weighted by Gasteiger charge is -2.50. The molecule has 0 saturated heterocycles. The lowest BCUT2D eigenvalue weighted by Crippen LogP contribution is -2.51. The van der Waals surface area contributed by atoms with Crippen molar-refractivity contribution in [2.75, 3.05) is 0 Å². The van der Waals surface area contributed by atoms with E-state index >= 15 is 0 Å². The first-order chi connectivity index (χ1) is 13.2. The van der Waals surface area contributed by atoms with Crippen LogP contribution in [-0.4, -0.2) is 28.4 Å². The average molecular weight is 386 g/mol. The van der Waals surface area contributed by atoms with E-state index in [0.717, 1.165) is 19.3 Å². The van der Waals surface area contributed by atoms with Gasteiger partial charge in [-0.05, 0) is 55.8 Å². The molecular formula is C23H30O5. The molecule has 0 radical (unpaired) electrons. The Morgan fingerprint density at radius 2 is 1.75 bits per heavy atom. The lowest BCUT2D eigenvalue weighted by molar-refractivity contribution is -0.0629. The highest BCUT2D eigenvalue weighted by molar-refractivity contribution is 5.95. The van der Waals surface area contributed by atoms with E-state index in [1.165, 1.54) is 12.8 Å². The summed E-state index contributed by atoms with van der Waals surface area (Å²) in [5.74, 6) is 1.13. The Morgan fingerprint density at radius 3 is 2.21 bits per heavy atom. The highest BCUT2D eigenvalue weighted by atomic mass is 16.5. The Morgan fingerprint density at radius 1 is 1.07 bits per heavy atom. The van der Waals surface area contributed by atoms with Crippen LogP contribution in [0.25, 0.3) is 0 Å². The molecule has 0 bridgehead atoms. The van der Waals surface area contributed by atoms with E-state index in [9.17, 15) is 19.8 Å². The van der Waals surface area contributed by atoms with Crippen molar-refractivity contribution < 1.29 is 24.5 Å². The molecule has 0 aromatic heterocycles. The molecule has 1 spiro atoms. The molecule has 1 aromatic rings. The third kappa shape index (κ3) is 2.37. The second-order valence-corrected chi connectivity index (χ2v) is 10.00. The maximum atomic E-state index is 11.9. The van der Waals surface area contributed by atoms with Gasteiger partial charge in [-0.25, -0.2) is 0 Å². The fourth-order valence-corrected chi connectivity index (χ4v) is 6.29. The molecule has 1 aliphatic heterocycles. The number of aldehydes is 2. The van der Waals surface area contributed by atoms with Crippen LogP contribution in [0.4, 0.5) is 0 Å². The molecule has 2 aliphatic carbocycles. The molecule has 2 saturated carbocycles. The number of aromatic hydroxyl groups is 2. The van der Waals surface area contributed by atoms with Crippen molar-refractivity contribution >= 4 is 12.6 Å². The zero-order chi connectivity index (χ0) is 20.4. The minimum Gasteiger partial charge on any atom is -0.507 e. The molecule has 2 N–H and O–H groups in total. The number of carbonyl (C=O) groups is 2. The quantitative estimate of drug-likeness (QED) is 0.724. The second kappa shape index (κ2) is 6.23. The van der Waals surface area contributed by atoms with Crippen molar-refractivity contribution in [3.63, 3.8) is 0 Å². The predicted molar refractivity (Wildman–Crippen MR) is 105 cm³/mol. The highest BCUT2D eigenvalue weighted by Gasteiger charge is 2.65. The van der Waals surface area contributed by atoms with Gasteiger partial charge in [0.05, 0.1) is 11.1 Å².